The van der Waals surface area contributed by atoms with Gasteiger partial charge < -0.3 is 14.6 Å². The number of hydrogen-bond acceptors (Lipinski definition) is 3. The van der Waals surface area contributed by atoms with Crippen LogP contribution in [0.15, 0.2) is 47.7 Å². The third-order valence-corrected chi connectivity index (χ3v) is 2.89. The van der Waals surface area contributed by atoms with Gasteiger partial charge in [-0.3, -0.25) is 5.43 Å². The fourth-order valence-electron chi connectivity index (χ4n) is 1.60. The summed E-state index contributed by atoms with van der Waals surface area (Å²) in [5.41, 5.74) is 4.63. The van der Waals surface area contributed by atoms with Crippen molar-refractivity contribution in [2.24, 2.45) is 12.1 Å². The summed E-state index contributed by atoms with van der Waals surface area (Å²) in [5, 5.41) is 7.54. The fourth-order valence-corrected chi connectivity index (χ4v) is 1.77. The van der Waals surface area contributed by atoms with Crippen molar-refractivity contribution < 1.29 is 4.74 Å². The smallest absolute Gasteiger partial charge is 0.191 e. The second-order valence-electron chi connectivity index (χ2n) is 4.10. The molecule has 5 nitrogen and oxygen atoms in total. The van der Waals surface area contributed by atoms with Gasteiger partial charge in [0.15, 0.2) is 5.11 Å². The molecule has 0 saturated carbocycles. The van der Waals surface area contributed by atoms with Crippen LogP contribution >= 0.6 is 12.2 Å². The van der Waals surface area contributed by atoms with E-state index < -0.39 is 0 Å². The van der Waals surface area contributed by atoms with Crippen LogP contribution < -0.4 is 15.5 Å². The molecule has 0 aliphatic heterocycles. The number of aryl methyl sites for hydroxylation is 1. The van der Waals surface area contributed by atoms with E-state index in [4.69, 9.17) is 17.0 Å². The highest BCUT2D eigenvalue weighted by atomic mass is 32.1. The zero-order chi connectivity index (χ0) is 14.4. The number of thiocarbonyl (C=S) groups is 1. The molecule has 6 heteroatoms. The first kappa shape index (κ1) is 14.1. The molecule has 2 N–H and O–H groups in total. The number of hydrogen-bond donors (Lipinski definition) is 2. The summed E-state index contributed by atoms with van der Waals surface area (Å²) in [6, 6.07) is 11.4. The van der Waals surface area contributed by atoms with Gasteiger partial charge in [-0.2, -0.15) is 5.10 Å². The van der Waals surface area contributed by atoms with Crippen molar-refractivity contribution in [3.8, 4) is 5.75 Å². The Hall–Kier alpha value is -2.34. The lowest BCUT2D eigenvalue weighted by Crippen LogP contribution is -2.23. The molecule has 1 heterocycles. The minimum absolute atomic E-state index is 0.431. The molecule has 2 aromatic rings. The van der Waals surface area contributed by atoms with E-state index >= 15 is 0 Å². The number of hydrazone groups is 1. The molecule has 0 aliphatic carbocycles. The molecule has 1 aromatic heterocycles. The van der Waals surface area contributed by atoms with E-state index in [-0.39, 0.29) is 0 Å². The minimum atomic E-state index is 0.431. The number of nitrogens with one attached hydrogen (secondary N) is 2. The van der Waals surface area contributed by atoms with Crippen LogP contribution in [0, 0.1) is 0 Å². The van der Waals surface area contributed by atoms with Gasteiger partial charge in [0.05, 0.1) is 19.0 Å². The van der Waals surface area contributed by atoms with E-state index in [1.165, 1.54) is 0 Å². The lowest BCUT2D eigenvalue weighted by molar-refractivity contribution is 0.415. The summed E-state index contributed by atoms with van der Waals surface area (Å²) in [7, 11) is 3.59. The first-order chi connectivity index (χ1) is 9.69. The summed E-state index contributed by atoms with van der Waals surface area (Å²) >= 11 is 5.15. The van der Waals surface area contributed by atoms with Crippen molar-refractivity contribution in [2.75, 3.05) is 12.4 Å². The van der Waals surface area contributed by atoms with Crippen molar-refractivity contribution >= 4 is 29.2 Å². The van der Waals surface area contributed by atoms with E-state index in [2.05, 4.69) is 15.8 Å². The van der Waals surface area contributed by atoms with Gasteiger partial charge in [0, 0.05) is 18.9 Å². The van der Waals surface area contributed by atoms with Gasteiger partial charge in [0.1, 0.15) is 5.75 Å². The predicted molar refractivity (Wildman–Crippen MR) is 85.4 cm³/mol. The van der Waals surface area contributed by atoms with Crippen LogP contribution in [0.25, 0.3) is 0 Å². The summed E-state index contributed by atoms with van der Waals surface area (Å²) in [4.78, 5) is 0. The zero-order valence-corrected chi connectivity index (χ0v) is 12.1. The Morgan fingerprint density at radius 1 is 1.30 bits per heavy atom. The maximum Gasteiger partial charge on any atom is 0.191 e. The Balaban J connectivity index is 1.86. The summed E-state index contributed by atoms with van der Waals surface area (Å²) in [5.74, 6) is 0.802. The van der Waals surface area contributed by atoms with E-state index in [0.29, 0.717) is 5.11 Å². The van der Waals surface area contributed by atoms with Crippen LogP contribution in [-0.2, 0) is 7.05 Å². The van der Waals surface area contributed by atoms with Crippen LogP contribution in [0.5, 0.6) is 5.75 Å². The number of anilines is 1. The second-order valence-corrected chi connectivity index (χ2v) is 4.50. The second kappa shape index (κ2) is 6.72. The first-order valence-corrected chi connectivity index (χ1v) is 6.45. The number of methoxy groups -OCH3 is 1. The lowest BCUT2D eigenvalue weighted by atomic mass is 10.3. The van der Waals surface area contributed by atoms with Gasteiger partial charge in [-0.15, -0.1) is 0 Å². The van der Waals surface area contributed by atoms with E-state index in [0.717, 1.165) is 17.1 Å². The number of rotatable bonds is 4. The molecular formula is C14H16N4OS. The quantitative estimate of drug-likeness (QED) is 0.515. The molecule has 0 unspecified atom stereocenters. The molecule has 0 fully saturated rings. The molecule has 0 radical (unpaired) electrons. The minimum Gasteiger partial charge on any atom is -0.497 e. The van der Waals surface area contributed by atoms with E-state index in [1.54, 1.807) is 13.3 Å². The van der Waals surface area contributed by atoms with Crippen LogP contribution in [0.3, 0.4) is 0 Å². The largest absolute Gasteiger partial charge is 0.497 e. The van der Waals surface area contributed by atoms with Gasteiger partial charge in [-0.25, -0.2) is 0 Å². The highest BCUT2D eigenvalue weighted by Gasteiger charge is 1.97. The summed E-state index contributed by atoms with van der Waals surface area (Å²) in [6.45, 7) is 0. The molecule has 104 valence electrons. The van der Waals surface area contributed by atoms with Crippen molar-refractivity contribution in [1.29, 1.82) is 0 Å². The number of nitrogens with zero attached hydrogens (tertiary/aromatic N) is 2. The van der Waals surface area contributed by atoms with E-state index in [9.17, 15) is 0 Å². The Bertz CT molecular complexity index is 604. The highest BCUT2D eigenvalue weighted by molar-refractivity contribution is 7.80. The maximum atomic E-state index is 5.15. The first-order valence-electron chi connectivity index (χ1n) is 6.04. The van der Waals surface area contributed by atoms with Crippen molar-refractivity contribution in [3.05, 3.63) is 48.3 Å². The Labute approximate surface area is 123 Å². The Morgan fingerprint density at radius 3 is 2.65 bits per heavy atom. The van der Waals surface area contributed by atoms with Crippen LogP contribution in [0.1, 0.15) is 5.69 Å². The molecule has 0 spiro atoms. The molecule has 0 bridgehead atoms. The summed E-state index contributed by atoms with van der Waals surface area (Å²) < 4.78 is 7.05. The molecule has 0 saturated heterocycles. The average Bonchev–Trinajstić information content (AvgIpc) is 2.85. The van der Waals surface area contributed by atoms with Gasteiger partial charge >= 0.3 is 0 Å². The molecular weight excluding hydrogens is 272 g/mol. The van der Waals surface area contributed by atoms with Crippen LogP contribution in [-0.4, -0.2) is 23.0 Å². The predicted octanol–water partition coefficient (Wildman–Crippen LogP) is 2.35. The van der Waals surface area contributed by atoms with Gasteiger partial charge in [0.2, 0.25) is 0 Å². The van der Waals surface area contributed by atoms with Crippen LogP contribution in [0.2, 0.25) is 0 Å². The Morgan fingerprint density at radius 2 is 2.05 bits per heavy atom. The van der Waals surface area contributed by atoms with Gasteiger partial charge in [-0.1, -0.05) is 0 Å². The van der Waals surface area contributed by atoms with Crippen molar-refractivity contribution in [2.45, 2.75) is 0 Å². The van der Waals surface area contributed by atoms with Crippen molar-refractivity contribution in [1.82, 2.24) is 9.99 Å². The number of benzene rings is 1. The molecule has 20 heavy (non-hydrogen) atoms. The van der Waals surface area contributed by atoms with E-state index in [1.807, 2.05) is 54.2 Å². The Kier molecular flexibility index (Phi) is 4.73. The molecule has 1 aromatic carbocycles. The van der Waals surface area contributed by atoms with Gasteiger partial charge in [0.25, 0.3) is 0 Å². The van der Waals surface area contributed by atoms with Crippen LogP contribution in [0.4, 0.5) is 5.69 Å². The fraction of sp³-hybridized carbons (Fsp3) is 0.143. The maximum absolute atomic E-state index is 5.15. The molecule has 0 amide bonds. The zero-order valence-electron chi connectivity index (χ0n) is 11.3. The SMILES string of the molecule is COc1ccc(NC(=S)N/N=C/c2cccn2C)cc1. The molecule has 0 aliphatic rings. The normalized spacial score (nSPS) is 10.5. The number of aromatic nitrogens is 1. The lowest BCUT2D eigenvalue weighted by Gasteiger charge is -2.07. The third-order valence-electron chi connectivity index (χ3n) is 2.69. The topological polar surface area (TPSA) is 50.6 Å². The molecule has 2 rings (SSSR count). The monoisotopic (exact) mass is 288 g/mol. The average molecular weight is 288 g/mol. The molecule has 0 atom stereocenters. The number of ether oxygens (including phenoxy) is 1. The van der Waals surface area contributed by atoms with Crippen molar-refractivity contribution in [3.63, 3.8) is 0 Å². The van der Waals surface area contributed by atoms with Gasteiger partial charge in [-0.05, 0) is 48.6 Å². The third kappa shape index (κ3) is 3.83. The highest BCUT2D eigenvalue weighted by Crippen LogP contribution is 2.14. The summed E-state index contributed by atoms with van der Waals surface area (Å²) in [6.07, 6.45) is 3.66. The standard InChI is InChI=1S/C14H16N4OS/c1-18-9-3-4-12(18)10-15-17-14(20)16-11-5-7-13(19-2)8-6-11/h3-10H,1-2H3,(H2,16,17,20)/b15-10+.